The van der Waals surface area contributed by atoms with E-state index in [1.165, 1.54) is 34.9 Å². The van der Waals surface area contributed by atoms with Gasteiger partial charge in [0.1, 0.15) is 11.0 Å². The molecule has 3 heterocycles. The summed E-state index contributed by atoms with van der Waals surface area (Å²) in [5.41, 5.74) is 2.48. The van der Waals surface area contributed by atoms with Crippen LogP contribution in [0.1, 0.15) is 11.6 Å². The summed E-state index contributed by atoms with van der Waals surface area (Å²) < 4.78 is 7.35. The van der Waals surface area contributed by atoms with Gasteiger partial charge in [0.25, 0.3) is 0 Å². The Hall–Kier alpha value is -2.99. The molecule has 2 aromatic heterocycles. The topological polar surface area (TPSA) is 108 Å². The van der Waals surface area contributed by atoms with Gasteiger partial charge in [-0.25, -0.2) is 4.79 Å². The number of hydrogen-bond donors (Lipinski definition) is 1. The van der Waals surface area contributed by atoms with Gasteiger partial charge in [-0.15, -0.1) is 10.2 Å². The van der Waals surface area contributed by atoms with Gasteiger partial charge >= 0.3 is 5.97 Å². The van der Waals surface area contributed by atoms with Crippen molar-refractivity contribution in [3.63, 3.8) is 0 Å². The number of methoxy groups -OCH3 is 1. The van der Waals surface area contributed by atoms with E-state index < -0.39 is 12.0 Å². The van der Waals surface area contributed by atoms with Crippen molar-refractivity contribution >= 4 is 58.2 Å². The fourth-order valence-electron chi connectivity index (χ4n) is 3.52. The minimum Gasteiger partial charge on any atom is -0.466 e. The average molecular weight is 532 g/mol. The lowest BCUT2D eigenvalue weighted by Gasteiger charge is -2.28. The summed E-state index contributed by atoms with van der Waals surface area (Å²) in [5.74, 6) is 0.203. The van der Waals surface area contributed by atoms with Crippen LogP contribution in [0.2, 0.25) is 10.0 Å². The summed E-state index contributed by atoms with van der Waals surface area (Å²) in [4.78, 5) is 13.0. The van der Waals surface area contributed by atoms with Gasteiger partial charge in [-0.2, -0.15) is 4.68 Å². The number of fused-ring (bicyclic) bond motifs is 1. The Balaban J connectivity index is 1.52. The Kier molecular flexibility index (Phi) is 6.50. The number of rotatable bonds is 6. The first-order chi connectivity index (χ1) is 16.6. The Labute approximate surface area is 212 Å². The monoisotopic (exact) mass is 531 g/mol. The standard InChI is InChI=1S/C21H15Cl2N7O2S2/c1-32-19(31)15-14(10-33-21-27-25-18(34-21)11-6-3-2-4-7-11)24-20-26-28-29-30(20)17(15)12-8-5-9-13(22)16(12)23/h2-9,17H,10H2,1H3,(H,24,26,29). The van der Waals surface area contributed by atoms with Crippen LogP contribution in [0.5, 0.6) is 0 Å². The van der Waals surface area contributed by atoms with Gasteiger partial charge in [0.15, 0.2) is 4.34 Å². The first-order valence-corrected chi connectivity index (χ1v) is 12.4. The lowest BCUT2D eigenvalue weighted by molar-refractivity contribution is -0.136. The molecule has 1 aliphatic rings. The molecule has 1 N–H and O–H groups in total. The second kappa shape index (κ2) is 9.71. The smallest absolute Gasteiger partial charge is 0.338 e. The number of carbonyl (C=O) groups excluding carboxylic acids is 1. The van der Waals surface area contributed by atoms with E-state index in [1.807, 2.05) is 30.3 Å². The largest absolute Gasteiger partial charge is 0.466 e. The maximum Gasteiger partial charge on any atom is 0.338 e. The highest BCUT2D eigenvalue weighted by Crippen LogP contribution is 2.41. The fourth-order valence-corrected chi connectivity index (χ4v) is 5.75. The lowest BCUT2D eigenvalue weighted by atomic mass is 9.95. The summed E-state index contributed by atoms with van der Waals surface area (Å²) in [6.07, 6.45) is 0. The van der Waals surface area contributed by atoms with Gasteiger partial charge in [-0.05, 0) is 16.5 Å². The van der Waals surface area contributed by atoms with Crippen LogP contribution < -0.4 is 5.32 Å². The molecule has 1 unspecified atom stereocenters. The summed E-state index contributed by atoms with van der Waals surface area (Å²) >= 11 is 15.7. The van der Waals surface area contributed by atoms with Crippen molar-refractivity contribution in [2.75, 3.05) is 18.2 Å². The molecule has 13 heteroatoms. The number of nitrogens with one attached hydrogen (secondary N) is 1. The van der Waals surface area contributed by atoms with Crippen LogP contribution in [-0.4, -0.2) is 49.2 Å². The Morgan fingerprint density at radius 1 is 1.15 bits per heavy atom. The van der Waals surface area contributed by atoms with E-state index in [4.69, 9.17) is 27.9 Å². The molecular formula is C21H15Cl2N7O2S2. The molecule has 0 bridgehead atoms. The number of anilines is 1. The third-order valence-corrected chi connectivity index (χ3v) is 8.01. The van der Waals surface area contributed by atoms with Crippen LogP contribution in [0.15, 0.2) is 64.1 Å². The molecule has 172 valence electrons. The Bertz CT molecular complexity index is 1390. The van der Waals surface area contributed by atoms with Crippen molar-refractivity contribution in [2.45, 2.75) is 10.4 Å². The molecule has 0 fully saturated rings. The second-order valence-corrected chi connectivity index (χ2v) is 10.0. The quantitative estimate of drug-likeness (QED) is 0.279. The van der Waals surface area contributed by atoms with E-state index in [2.05, 4.69) is 31.0 Å². The van der Waals surface area contributed by atoms with E-state index in [9.17, 15) is 4.79 Å². The maximum atomic E-state index is 13.0. The molecule has 1 atom stereocenters. The molecule has 0 radical (unpaired) electrons. The van der Waals surface area contributed by atoms with Crippen LogP contribution in [0.25, 0.3) is 10.6 Å². The SMILES string of the molecule is COC(=O)C1=C(CSc2nnc(-c3ccccc3)s2)Nc2nnnn2C1c1cccc(Cl)c1Cl. The molecule has 34 heavy (non-hydrogen) atoms. The summed E-state index contributed by atoms with van der Waals surface area (Å²) in [7, 11) is 1.32. The van der Waals surface area contributed by atoms with Gasteiger partial charge < -0.3 is 10.1 Å². The van der Waals surface area contributed by atoms with Crippen molar-refractivity contribution in [1.82, 2.24) is 30.4 Å². The predicted octanol–water partition coefficient (Wildman–Crippen LogP) is 4.73. The molecule has 9 nitrogen and oxygen atoms in total. The van der Waals surface area contributed by atoms with Gasteiger partial charge in [0, 0.05) is 22.6 Å². The molecule has 0 aliphatic carbocycles. The van der Waals surface area contributed by atoms with Crippen LogP contribution >= 0.6 is 46.3 Å². The number of ether oxygens (including phenoxy) is 1. The van der Waals surface area contributed by atoms with E-state index in [0.717, 1.165) is 14.9 Å². The number of thioether (sulfide) groups is 1. The number of halogens is 2. The first kappa shape index (κ1) is 22.8. The number of nitrogens with zero attached hydrogens (tertiary/aromatic N) is 6. The molecular weight excluding hydrogens is 517 g/mol. The van der Waals surface area contributed by atoms with Gasteiger partial charge in [-0.3, -0.25) is 0 Å². The van der Waals surface area contributed by atoms with Crippen LogP contribution in [0.4, 0.5) is 5.95 Å². The predicted molar refractivity (Wildman–Crippen MR) is 131 cm³/mol. The maximum absolute atomic E-state index is 13.0. The number of aromatic nitrogens is 6. The molecule has 0 saturated heterocycles. The van der Waals surface area contributed by atoms with Crippen molar-refractivity contribution in [3.05, 3.63) is 75.4 Å². The summed E-state index contributed by atoms with van der Waals surface area (Å²) in [6, 6.07) is 14.3. The van der Waals surface area contributed by atoms with Gasteiger partial charge in [0.2, 0.25) is 5.95 Å². The number of esters is 1. The number of carbonyl (C=O) groups is 1. The minimum atomic E-state index is -0.727. The minimum absolute atomic E-state index is 0.308. The molecule has 0 amide bonds. The highest BCUT2D eigenvalue weighted by atomic mass is 35.5. The van der Waals surface area contributed by atoms with Crippen LogP contribution in [0.3, 0.4) is 0 Å². The van der Waals surface area contributed by atoms with Crippen molar-refractivity contribution in [2.24, 2.45) is 0 Å². The third-order valence-electron chi connectivity index (χ3n) is 5.05. The van der Waals surface area contributed by atoms with Gasteiger partial charge in [0.05, 0.1) is 22.7 Å². The summed E-state index contributed by atoms with van der Waals surface area (Å²) in [6.45, 7) is 0. The highest BCUT2D eigenvalue weighted by Gasteiger charge is 2.37. The van der Waals surface area contributed by atoms with E-state index in [0.29, 0.717) is 38.6 Å². The normalized spacial score (nSPS) is 15.1. The Morgan fingerprint density at radius 2 is 1.97 bits per heavy atom. The number of benzene rings is 2. The van der Waals surface area contributed by atoms with Crippen molar-refractivity contribution in [1.29, 1.82) is 0 Å². The molecule has 0 spiro atoms. The second-order valence-electron chi connectivity index (χ2n) is 7.03. The molecule has 1 aliphatic heterocycles. The molecule has 5 rings (SSSR count). The molecule has 0 saturated carbocycles. The van der Waals surface area contributed by atoms with Crippen LogP contribution in [-0.2, 0) is 9.53 Å². The fraction of sp³-hybridized carbons (Fsp3) is 0.143. The lowest BCUT2D eigenvalue weighted by Crippen LogP contribution is -2.31. The zero-order valence-corrected chi connectivity index (χ0v) is 20.6. The van der Waals surface area contributed by atoms with Crippen LogP contribution in [0, 0.1) is 0 Å². The number of hydrogen-bond acceptors (Lipinski definition) is 10. The van der Waals surface area contributed by atoms with E-state index in [-0.39, 0.29) is 0 Å². The van der Waals surface area contributed by atoms with Crippen molar-refractivity contribution in [3.8, 4) is 10.6 Å². The van der Waals surface area contributed by atoms with E-state index in [1.54, 1.807) is 18.2 Å². The highest BCUT2D eigenvalue weighted by molar-refractivity contribution is 8.01. The van der Waals surface area contributed by atoms with E-state index >= 15 is 0 Å². The van der Waals surface area contributed by atoms with Crippen molar-refractivity contribution < 1.29 is 9.53 Å². The zero-order valence-electron chi connectivity index (χ0n) is 17.5. The van der Waals surface area contributed by atoms with Gasteiger partial charge in [-0.1, -0.05) is 93.9 Å². The molecule has 4 aromatic rings. The summed E-state index contributed by atoms with van der Waals surface area (Å²) in [5, 5.41) is 25.1. The third kappa shape index (κ3) is 4.27. The number of tetrazole rings is 1. The molecule has 2 aromatic carbocycles. The average Bonchev–Trinajstić information content (AvgIpc) is 3.53. The first-order valence-electron chi connectivity index (χ1n) is 9.88. The zero-order chi connectivity index (χ0) is 23.7. The Morgan fingerprint density at radius 3 is 2.76 bits per heavy atom.